The summed E-state index contributed by atoms with van der Waals surface area (Å²) in [7, 11) is 0. The maximum atomic E-state index is 12.3. The van der Waals surface area contributed by atoms with E-state index in [0.29, 0.717) is 10.7 Å². The second-order valence-electron chi connectivity index (χ2n) is 5.96. The maximum Gasteiger partial charge on any atom is 0.355 e. The van der Waals surface area contributed by atoms with Crippen LogP contribution >= 0.6 is 34.8 Å². The van der Waals surface area contributed by atoms with Gasteiger partial charge in [-0.25, -0.2) is 9.80 Å². The molecule has 0 saturated heterocycles. The summed E-state index contributed by atoms with van der Waals surface area (Å²) in [5, 5.41) is 8.29. The first-order chi connectivity index (χ1) is 13.8. The highest BCUT2D eigenvalue weighted by Crippen LogP contribution is 2.33. The Hall–Kier alpha value is -2.61. The summed E-state index contributed by atoms with van der Waals surface area (Å²) in [5.74, 6) is -1.67. The van der Waals surface area contributed by atoms with Crippen molar-refractivity contribution in [1.82, 2.24) is 0 Å². The van der Waals surface area contributed by atoms with Gasteiger partial charge in [0.1, 0.15) is 5.71 Å². The predicted molar refractivity (Wildman–Crippen MR) is 112 cm³/mol. The molecule has 0 radical (unpaired) electrons. The monoisotopic (exact) mass is 453 g/mol. The number of carbonyl (C=O) groups excluding carboxylic acids is 3. The van der Waals surface area contributed by atoms with Crippen molar-refractivity contribution in [1.29, 1.82) is 0 Å². The first-order valence-corrected chi connectivity index (χ1v) is 9.55. The fraction of sp³-hybridized carbons (Fsp3) is 0.158. The van der Waals surface area contributed by atoms with Gasteiger partial charge in [0.15, 0.2) is 6.61 Å². The topological polar surface area (TPSA) is 88.1 Å². The van der Waals surface area contributed by atoms with Crippen molar-refractivity contribution in [2.75, 3.05) is 16.9 Å². The normalized spacial score (nSPS) is 13.7. The number of hydrogen-bond acceptors (Lipinski definition) is 5. The van der Waals surface area contributed by atoms with E-state index in [0.717, 1.165) is 5.01 Å². The maximum absolute atomic E-state index is 12.3. The lowest BCUT2D eigenvalue weighted by Crippen LogP contribution is -2.35. The first-order valence-electron chi connectivity index (χ1n) is 8.42. The number of amides is 2. The van der Waals surface area contributed by atoms with Crippen LogP contribution in [0.25, 0.3) is 0 Å². The lowest BCUT2D eigenvalue weighted by atomic mass is 10.1. The molecule has 2 aromatic carbocycles. The summed E-state index contributed by atoms with van der Waals surface area (Å²) in [6.45, 7) is -0.577. The molecular formula is C19H14Cl3N3O4. The number of para-hydroxylation sites is 1. The van der Waals surface area contributed by atoms with Crippen molar-refractivity contribution in [3.63, 3.8) is 0 Å². The smallest absolute Gasteiger partial charge is 0.355 e. The van der Waals surface area contributed by atoms with E-state index in [4.69, 9.17) is 39.5 Å². The van der Waals surface area contributed by atoms with Crippen molar-refractivity contribution in [3.05, 3.63) is 57.5 Å². The van der Waals surface area contributed by atoms with Gasteiger partial charge in [-0.05, 0) is 24.3 Å². The molecule has 0 bridgehead atoms. The zero-order valence-corrected chi connectivity index (χ0v) is 17.1. The summed E-state index contributed by atoms with van der Waals surface area (Å²) in [6, 6.07) is 11.5. The number of nitrogens with zero attached hydrogens (tertiary/aromatic N) is 2. The second-order valence-corrected chi connectivity index (χ2v) is 7.21. The lowest BCUT2D eigenvalue weighted by Gasteiger charge is -2.22. The predicted octanol–water partition coefficient (Wildman–Crippen LogP) is 4.31. The molecule has 29 heavy (non-hydrogen) atoms. The molecule has 2 amide bonds. The van der Waals surface area contributed by atoms with E-state index in [1.165, 1.54) is 12.1 Å². The van der Waals surface area contributed by atoms with E-state index in [-0.39, 0.29) is 40.2 Å². The van der Waals surface area contributed by atoms with E-state index in [1.807, 2.05) is 0 Å². The second kappa shape index (κ2) is 9.26. The molecule has 0 unspecified atom stereocenters. The molecule has 1 aliphatic rings. The van der Waals surface area contributed by atoms with Gasteiger partial charge in [-0.3, -0.25) is 9.59 Å². The van der Waals surface area contributed by atoms with Crippen LogP contribution in [0.4, 0.5) is 11.4 Å². The van der Waals surface area contributed by atoms with Crippen LogP contribution in [0.15, 0.2) is 47.6 Å². The Labute approximate surface area is 181 Å². The SMILES string of the molecule is O=C(COC(=O)C1=NN(c2ccccc2)C(=O)CC1)Nc1c(Cl)cc(Cl)cc1Cl. The van der Waals surface area contributed by atoms with Crippen molar-refractivity contribution in [2.45, 2.75) is 12.8 Å². The summed E-state index contributed by atoms with van der Waals surface area (Å²) in [4.78, 5) is 36.4. The number of anilines is 2. The molecule has 1 aliphatic heterocycles. The van der Waals surface area contributed by atoms with Crippen LogP contribution in [-0.2, 0) is 19.1 Å². The van der Waals surface area contributed by atoms with E-state index in [9.17, 15) is 14.4 Å². The largest absolute Gasteiger partial charge is 0.451 e. The number of nitrogens with one attached hydrogen (secondary N) is 1. The van der Waals surface area contributed by atoms with E-state index in [2.05, 4.69) is 10.4 Å². The van der Waals surface area contributed by atoms with Gasteiger partial charge in [-0.15, -0.1) is 0 Å². The molecule has 0 aromatic heterocycles. The van der Waals surface area contributed by atoms with Crippen LogP contribution in [0, 0.1) is 0 Å². The number of carbonyl (C=O) groups is 3. The Morgan fingerprint density at radius 3 is 2.38 bits per heavy atom. The summed E-state index contributed by atoms with van der Waals surface area (Å²) in [5.41, 5.74) is 0.741. The van der Waals surface area contributed by atoms with Gasteiger partial charge in [0.25, 0.3) is 5.91 Å². The number of halogens is 3. The highest BCUT2D eigenvalue weighted by Gasteiger charge is 2.27. The number of rotatable bonds is 5. The van der Waals surface area contributed by atoms with Crippen LogP contribution in [0.3, 0.4) is 0 Å². The standard InChI is InChI=1S/C19H14Cl3N3O4/c20-11-8-13(21)18(14(22)9-11)23-16(26)10-29-19(28)15-6-7-17(27)25(24-15)12-4-2-1-3-5-12/h1-5,8-9H,6-7,10H2,(H,23,26). The molecule has 1 N–H and O–H groups in total. The van der Waals surface area contributed by atoms with Gasteiger partial charge < -0.3 is 10.1 Å². The lowest BCUT2D eigenvalue weighted by molar-refractivity contribution is -0.140. The number of ether oxygens (including phenoxy) is 1. The third-order valence-corrected chi connectivity index (χ3v) is 4.69. The molecule has 150 valence electrons. The van der Waals surface area contributed by atoms with Gasteiger partial charge in [0.2, 0.25) is 5.91 Å². The van der Waals surface area contributed by atoms with Crippen LogP contribution in [0.1, 0.15) is 12.8 Å². The van der Waals surface area contributed by atoms with Crippen molar-refractivity contribution >= 4 is 69.7 Å². The highest BCUT2D eigenvalue weighted by molar-refractivity contribution is 6.42. The van der Waals surface area contributed by atoms with Crippen molar-refractivity contribution in [2.24, 2.45) is 5.10 Å². The van der Waals surface area contributed by atoms with Gasteiger partial charge in [0, 0.05) is 17.9 Å². The highest BCUT2D eigenvalue weighted by atomic mass is 35.5. The molecule has 3 rings (SSSR count). The summed E-state index contributed by atoms with van der Waals surface area (Å²) in [6.07, 6.45) is 0.225. The first kappa shape index (κ1) is 21.1. The van der Waals surface area contributed by atoms with Crippen LogP contribution in [0.5, 0.6) is 0 Å². The van der Waals surface area contributed by atoms with Crippen LogP contribution < -0.4 is 10.3 Å². The van der Waals surface area contributed by atoms with Gasteiger partial charge in [-0.1, -0.05) is 53.0 Å². The molecule has 2 aromatic rings. The Morgan fingerprint density at radius 1 is 1.07 bits per heavy atom. The van der Waals surface area contributed by atoms with Gasteiger partial charge >= 0.3 is 5.97 Å². The van der Waals surface area contributed by atoms with E-state index in [1.54, 1.807) is 30.3 Å². The molecule has 0 atom stereocenters. The quantitative estimate of drug-likeness (QED) is 0.682. The Balaban J connectivity index is 1.63. The molecule has 1 heterocycles. The minimum atomic E-state index is -0.790. The number of esters is 1. The zero-order chi connectivity index (χ0) is 21.0. The Bertz CT molecular complexity index is 972. The van der Waals surface area contributed by atoms with Crippen LogP contribution in [-0.4, -0.2) is 30.1 Å². The third kappa shape index (κ3) is 5.26. The number of benzene rings is 2. The molecule has 7 nitrogen and oxygen atoms in total. The molecule has 0 fully saturated rings. The minimum absolute atomic E-state index is 0.0452. The van der Waals surface area contributed by atoms with E-state index < -0.39 is 18.5 Å². The minimum Gasteiger partial charge on any atom is -0.451 e. The average Bonchev–Trinajstić information content (AvgIpc) is 2.70. The zero-order valence-electron chi connectivity index (χ0n) is 14.8. The van der Waals surface area contributed by atoms with Crippen molar-refractivity contribution in [3.8, 4) is 0 Å². The third-order valence-electron chi connectivity index (χ3n) is 3.87. The van der Waals surface area contributed by atoms with Gasteiger partial charge in [-0.2, -0.15) is 5.10 Å². The van der Waals surface area contributed by atoms with Crippen LogP contribution in [0.2, 0.25) is 15.1 Å². The molecule has 10 heteroatoms. The Morgan fingerprint density at radius 2 is 1.72 bits per heavy atom. The van der Waals surface area contributed by atoms with Crippen molar-refractivity contribution < 1.29 is 19.1 Å². The average molecular weight is 455 g/mol. The Kier molecular flexibility index (Phi) is 6.74. The molecular weight excluding hydrogens is 441 g/mol. The van der Waals surface area contributed by atoms with Gasteiger partial charge in [0.05, 0.1) is 21.4 Å². The summed E-state index contributed by atoms with van der Waals surface area (Å²) < 4.78 is 5.01. The number of hydrazone groups is 1. The molecule has 0 spiro atoms. The fourth-order valence-electron chi connectivity index (χ4n) is 2.52. The molecule has 0 aliphatic carbocycles. The fourth-order valence-corrected chi connectivity index (χ4v) is 3.43. The van der Waals surface area contributed by atoms with E-state index >= 15 is 0 Å². The summed E-state index contributed by atoms with van der Waals surface area (Å²) >= 11 is 17.8. The number of hydrogen-bond donors (Lipinski definition) is 1. The molecule has 0 saturated carbocycles.